The Kier molecular flexibility index (Phi) is 5.82. The first-order chi connectivity index (χ1) is 23.2. The largest absolute Gasteiger partial charge is 0.493 e. The van der Waals surface area contributed by atoms with Crippen molar-refractivity contribution in [3.8, 4) is 34.8 Å². The summed E-state index contributed by atoms with van der Waals surface area (Å²) in [6.07, 6.45) is 2.57. The van der Waals surface area contributed by atoms with Gasteiger partial charge in [-0.3, -0.25) is 19.4 Å². The maximum Gasteiger partial charge on any atom is 0.174 e. The van der Waals surface area contributed by atoms with Crippen molar-refractivity contribution in [3.05, 3.63) is 46.5 Å². The van der Waals surface area contributed by atoms with Gasteiger partial charge >= 0.3 is 0 Å². The number of rotatable bonds is 4. The second-order valence-corrected chi connectivity index (χ2v) is 15.2. The van der Waals surface area contributed by atoms with Crippen LogP contribution in [0, 0.1) is 11.8 Å². The van der Waals surface area contributed by atoms with Crippen LogP contribution in [0.15, 0.2) is 24.3 Å². The van der Waals surface area contributed by atoms with E-state index in [9.17, 15) is 19.8 Å². The Morgan fingerprint density at radius 2 is 1.17 bits per heavy atom. The highest BCUT2D eigenvalue weighted by Gasteiger charge is 2.74. The molecule has 0 aromatic heterocycles. The van der Waals surface area contributed by atoms with Crippen LogP contribution >= 0.6 is 0 Å². The minimum Gasteiger partial charge on any atom is -0.493 e. The number of benzene rings is 2. The summed E-state index contributed by atoms with van der Waals surface area (Å²) < 4.78 is 24.0. The van der Waals surface area contributed by atoms with Gasteiger partial charge in [-0.15, -0.1) is 0 Å². The van der Waals surface area contributed by atoms with Gasteiger partial charge in [-0.05, 0) is 61.8 Å². The summed E-state index contributed by atoms with van der Waals surface area (Å²) in [5, 5.41) is 25.2. The highest BCUT2D eigenvalue weighted by molar-refractivity contribution is 5.91. The smallest absolute Gasteiger partial charge is 0.174 e. The van der Waals surface area contributed by atoms with E-state index in [4.69, 9.17) is 18.9 Å². The van der Waals surface area contributed by atoms with Crippen molar-refractivity contribution in [2.45, 2.75) is 97.7 Å². The lowest BCUT2D eigenvalue weighted by atomic mass is 9.49. The van der Waals surface area contributed by atoms with Crippen molar-refractivity contribution in [2.75, 3.05) is 40.4 Å². The summed E-state index contributed by atoms with van der Waals surface area (Å²) in [7, 11) is 3.22. The molecule has 8 aliphatic rings. The Hall–Kier alpha value is -3.62. The minimum absolute atomic E-state index is 0.0567. The molecule has 2 saturated heterocycles. The normalized spacial score (nSPS) is 39.4. The van der Waals surface area contributed by atoms with E-state index >= 15 is 0 Å². The Morgan fingerprint density at radius 3 is 1.58 bits per heavy atom. The summed E-state index contributed by atoms with van der Waals surface area (Å²) in [6.45, 7) is 2.42. The van der Waals surface area contributed by atoms with Crippen LogP contribution in [-0.2, 0) is 33.3 Å². The van der Waals surface area contributed by atoms with Crippen LogP contribution in [0.1, 0.15) is 60.8 Å². The molecule has 4 aliphatic heterocycles. The molecule has 0 radical (unpaired) electrons. The third-order valence-electron chi connectivity index (χ3n) is 13.8. The Labute approximate surface area is 279 Å². The monoisotopic (exact) mass is 652 g/mol. The molecule has 4 heterocycles. The molecule has 2 spiro atoms. The van der Waals surface area contributed by atoms with E-state index in [2.05, 4.69) is 33.8 Å². The number of piperidine rings is 2. The first-order valence-corrected chi connectivity index (χ1v) is 17.4. The highest BCUT2D eigenvalue weighted by atomic mass is 16.5. The fraction of sp³-hybridized carbons (Fsp3) is 0.579. The fourth-order valence-corrected chi connectivity index (χ4v) is 11.8. The van der Waals surface area contributed by atoms with Gasteiger partial charge in [0, 0.05) is 49.1 Å². The maximum absolute atomic E-state index is 13.3. The molecule has 10 rings (SSSR count). The number of ketones is 2. The quantitative estimate of drug-likeness (QED) is 0.474. The van der Waals surface area contributed by atoms with E-state index in [1.54, 1.807) is 14.2 Å². The number of methoxy groups -OCH3 is 2. The van der Waals surface area contributed by atoms with Gasteiger partial charge in [0.15, 0.2) is 46.8 Å². The third kappa shape index (κ3) is 3.17. The van der Waals surface area contributed by atoms with Crippen LogP contribution in [0.2, 0.25) is 0 Å². The van der Waals surface area contributed by atoms with Crippen LogP contribution in [0.3, 0.4) is 0 Å². The van der Waals surface area contributed by atoms with E-state index in [0.717, 1.165) is 22.3 Å². The van der Waals surface area contributed by atoms with Crippen molar-refractivity contribution in [2.24, 2.45) is 0 Å². The summed E-state index contributed by atoms with van der Waals surface area (Å²) in [4.78, 5) is 31.1. The van der Waals surface area contributed by atoms with Crippen molar-refractivity contribution < 1.29 is 38.7 Å². The molecule has 250 valence electrons. The van der Waals surface area contributed by atoms with Crippen LogP contribution in [-0.4, -0.2) is 107 Å². The number of carbonyl (C=O) groups is 2. The van der Waals surface area contributed by atoms with E-state index in [-0.39, 0.29) is 23.7 Å². The van der Waals surface area contributed by atoms with E-state index in [0.29, 0.717) is 101 Å². The summed E-state index contributed by atoms with van der Waals surface area (Å²) in [5.41, 5.74) is 0.448. The van der Waals surface area contributed by atoms with Gasteiger partial charge in [0.2, 0.25) is 0 Å². The van der Waals surface area contributed by atoms with Gasteiger partial charge in [0.25, 0.3) is 0 Å². The van der Waals surface area contributed by atoms with Gasteiger partial charge in [-0.25, -0.2) is 0 Å². The summed E-state index contributed by atoms with van der Waals surface area (Å²) in [6, 6.07) is 7.61. The van der Waals surface area contributed by atoms with Crippen LogP contribution in [0.25, 0.3) is 0 Å². The Bertz CT molecular complexity index is 1750. The van der Waals surface area contributed by atoms with Crippen molar-refractivity contribution in [3.63, 3.8) is 0 Å². The molecular weight excluding hydrogens is 612 g/mol. The molecule has 4 fully saturated rings. The molecule has 10 heteroatoms. The standard InChI is InChI=1S/C38H40N2O8/c1-45-25-7-5-21-19-27-37(43)11-9-23(41)33-35(37,29(21)31(25)47-33)13-17-39(27)15-3-4-16-40-18-14-36-30-22-6-8-26(46-2)32(30)48-34(36)24(42)10-12-38(36,44)28(40)20-22/h5-8,27-28,33-34,43-44H,9-20H2,1-2H3. The average Bonchev–Trinajstić information content (AvgIpc) is 3.62. The molecule has 8 unspecified atom stereocenters. The van der Waals surface area contributed by atoms with Crippen molar-refractivity contribution in [1.82, 2.24) is 9.80 Å². The van der Waals surface area contributed by atoms with Crippen LogP contribution in [0.5, 0.6) is 23.0 Å². The molecule has 2 aromatic carbocycles. The van der Waals surface area contributed by atoms with E-state index < -0.39 is 34.2 Å². The zero-order valence-electron chi connectivity index (χ0n) is 27.3. The first kappa shape index (κ1) is 29.3. The Balaban J connectivity index is 0.928. The topological polar surface area (TPSA) is 118 Å². The van der Waals surface area contributed by atoms with Crippen LogP contribution in [0.4, 0.5) is 0 Å². The van der Waals surface area contributed by atoms with Gasteiger partial charge < -0.3 is 29.2 Å². The number of likely N-dealkylation sites (tertiary alicyclic amines) is 2. The molecule has 10 nitrogen and oxygen atoms in total. The van der Waals surface area contributed by atoms with Crippen molar-refractivity contribution >= 4 is 11.6 Å². The lowest BCUT2D eigenvalue weighted by Crippen LogP contribution is -2.76. The first-order valence-electron chi connectivity index (χ1n) is 17.4. The molecule has 48 heavy (non-hydrogen) atoms. The van der Waals surface area contributed by atoms with E-state index in [1.807, 2.05) is 12.1 Å². The molecule has 2 aromatic rings. The molecule has 4 bridgehead atoms. The fourth-order valence-electron chi connectivity index (χ4n) is 11.8. The predicted octanol–water partition coefficient (Wildman–Crippen LogP) is 1.85. The van der Waals surface area contributed by atoms with Gasteiger partial charge in [0.1, 0.15) is 0 Å². The van der Waals surface area contributed by atoms with Gasteiger partial charge in [-0.2, -0.15) is 0 Å². The molecular formula is C38H40N2O8. The second-order valence-electron chi connectivity index (χ2n) is 15.2. The molecule has 8 atom stereocenters. The number of nitrogens with zero attached hydrogens (tertiary/aromatic N) is 2. The number of hydrogen-bond donors (Lipinski definition) is 2. The second kappa shape index (κ2) is 9.54. The number of hydrogen-bond acceptors (Lipinski definition) is 10. The van der Waals surface area contributed by atoms with Crippen LogP contribution < -0.4 is 18.9 Å². The van der Waals surface area contributed by atoms with Crippen molar-refractivity contribution in [1.29, 1.82) is 0 Å². The van der Waals surface area contributed by atoms with E-state index in [1.165, 1.54) is 0 Å². The zero-order valence-corrected chi connectivity index (χ0v) is 27.3. The zero-order chi connectivity index (χ0) is 32.8. The molecule has 0 amide bonds. The lowest BCUT2D eigenvalue weighted by molar-refractivity contribution is -0.187. The third-order valence-corrected chi connectivity index (χ3v) is 13.8. The molecule has 2 N–H and O–H groups in total. The Morgan fingerprint density at radius 1 is 0.729 bits per heavy atom. The number of Topliss-reactive ketones (excluding diaryl/α,β-unsaturated/α-hetero) is 2. The average molecular weight is 653 g/mol. The lowest BCUT2D eigenvalue weighted by Gasteiger charge is -2.62. The number of aliphatic hydroxyl groups is 2. The van der Waals surface area contributed by atoms with Gasteiger partial charge in [-0.1, -0.05) is 24.0 Å². The molecule has 4 aliphatic carbocycles. The minimum atomic E-state index is -1.10. The molecule has 2 saturated carbocycles. The maximum atomic E-state index is 13.3. The summed E-state index contributed by atoms with van der Waals surface area (Å²) in [5.74, 6) is 9.48. The predicted molar refractivity (Wildman–Crippen MR) is 172 cm³/mol. The number of carbonyl (C=O) groups excluding carboxylic acids is 2. The van der Waals surface area contributed by atoms with Gasteiger partial charge in [0.05, 0.1) is 49.3 Å². The highest BCUT2D eigenvalue weighted by Crippen LogP contribution is 2.66. The number of ether oxygens (including phenoxy) is 4. The SMILES string of the molecule is COc1ccc2c3c1OC1C(=O)CCC4(O)C(C2)N(CC#CCN2CCC56c7c8ccc(OC)c7OC5C(=O)CCC6(O)C2C8)CCC314. The summed E-state index contributed by atoms with van der Waals surface area (Å²) >= 11 is 0.